The Morgan fingerprint density at radius 3 is 1.18 bits per heavy atom. The van der Waals surface area contributed by atoms with Gasteiger partial charge in [-0.15, -0.1) is 0 Å². The van der Waals surface area contributed by atoms with E-state index in [1.54, 1.807) is 0 Å². The summed E-state index contributed by atoms with van der Waals surface area (Å²) in [6.45, 7) is 4.90. The summed E-state index contributed by atoms with van der Waals surface area (Å²) >= 11 is 0. The van der Waals surface area contributed by atoms with Gasteiger partial charge < -0.3 is 20.3 Å². The number of hydrogen-bond donors (Lipinski definition) is 3. The van der Waals surface area contributed by atoms with Crippen molar-refractivity contribution in [2.75, 3.05) is 13.2 Å². The molecule has 0 aliphatic heterocycles. The Labute approximate surface area is 374 Å². The molecule has 0 aliphatic carbocycles. The van der Waals surface area contributed by atoms with Crippen LogP contribution >= 0.6 is 0 Å². The number of carbonyl (C=O) groups excluding carboxylic acids is 2. The maximum atomic E-state index is 12.5. The van der Waals surface area contributed by atoms with E-state index in [1.165, 1.54) is 205 Å². The summed E-state index contributed by atoms with van der Waals surface area (Å²) in [6.07, 6.45) is 57.5. The number of nitrogens with one attached hydrogen (secondary N) is 1. The first-order chi connectivity index (χ1) is 29.5. The van der Waals surface area contributed by atoms with Crippen LogP contribution in [0.3, 0.4) is 0 Å². The van der Waals surface area contributed by atoms with E-state index in [-0.39, 0.29) is 18.5 Å². The maximum absolute atomic E-state index is 12.5. The third-order valence-electron chi connectivity index (χ3n) is 12.6. The summed E-state index contributed by atoms with van der Waals surface area (Å²) in [5.74, 6) is -0.0922. The molecular weight excluding hydrogens is 743 g/mol. The number of allylic oxidation sites excluding steroid dienone is 2. The van der Waals surface area contributed by atoms with Crippen LogP contribution in [0.15, 0.2) is 12.2 Å². The fourth-order valence-corrected chi connectivity index (χ4v) is 8.40. The Balaban J connectivity index is 3.48. The molecule has 0 aromatic carbocycles. The van der Waals surface area contributed by atoms with Crippen LogP contribution in [0, 0.1) is 0 Å². The van der Waals surface area contributed by atoms with Gasteiger partial charge in [0.1, 0.15) is 0 Å². The molecule has 60 heavy (non-hydrogen) atoms. The number of aliphatic hydroxyl groups excluding tert-OH is 2. The van der Waals surface area contributed by atoms with Crippen LogP contribution in [0.4, 0.5) is 0 Å². The quantitative estimate of drug-likeness (QED) is 0.0322. The van der Waals surface area contributed by atoms with Gasteiger partial charge in [-0.05, 0) is 51.4 Å². The standard InChI is InChI=1S/C54H105NO5/c1-3-5-7-9-11-13-15-17-19-21-22-23-25-27-30-34-38-42-46-52(57)51(50-56)55-53(58)47-43-39-35-31-29-33-37-41-45-49-60-54(59)48-44-40-36-32-28-26-24-20-18-16-14-12-10-8-6-4-2/h20,24,51-52,56-57H,3-19,21-23,25-50H2,1-2H3,(H,55,58)/b24-20-. The van der Waals surface area contributed by atoms with Gasteiger partial charge in [0.25, 0.3) is 0 Å². The molecule has 0 saturated heterocycles. The molecule has 0 heterocycles. The van der Waals surface area contributed by atoms with E-state index >= 15 is 0 Å². The zero-order valence-electron chi connectivity index (χ0n) is 40.5. The van der Waals surface area contributed by atoms with Gasteiger partial charge in [-0.1, -0.05) is 244 Å². The minimum atomic E-state index is -0.682. The van der Waals surface area contributed by atoms with Gasteiger partial charge in [-0.2, -0.15) is 0 Å². The number of unbranched alkanes of at least 4 members (excludes halogenated alkanes) is 37. The summed E-state index contributed by atoms with van der Waals surface area (Å²) in [5.41, 5.74) is 0. The van der Waals surface area contributed by atoms with Gasteiger partial charge in [0.15, 0.2) is 0 Å². The molecule has 356 valence electrons. The summed E-state index contributed by atoms with van der Waals surface area (Å²) in [5, 5.41) is 23.3. The predicted octanol–water partition coefficient (Wildman–Crippen LogP) is 16.1. The van der Waals surface area contributed by atoms with Crippen molar-refractivity contribution in [3.8, 4) is 0 Å². The molecule has 6 nitrogen and oxygen atoms in total. The first kappa shape index (κ1) is 58.6. The van der Waals surface area contributed by atoms with Crippen molar-refractivity contribution < 1.29 is 24.5 Å². The van der Waals surface area contributed by atoms with Crippen LogP contribution in [0.25, 0.3) is 0 Å². The number of esters is 1. The van der Waals surface area contributed by atoms with Crippen molar-refractivity contribution >= 4 is 11.9 Å². The van der Waals surface area contributed by atoms with E-state index in [9.17, 15) is 19.8 Å². The van der Waals surface area contributed by atoms with Gasteiger partial charge in [0.2, 0.25) is 5.91 Å². The van der Waals surface area contributed by atoms with Gasteiger partial charge in [-0.25, -0.2) is 0 Å². The highest BCUT2D eigenvalue weighted by Crippen LogP contribution is 2.17. The first-order valence-electron chi connectivity index (χ1n) is 26.9. The molecule has 2 atom stereocenters. The molecule has 0 aliphatic rings. The van der Waals surface area contributed by atoms with Gasteiger partial charge in [-0.3, -0.25) is 9.59 Å². The minimum absolute atomic E-state index is 0.0315. The van der Waals surface area contributed by atoms with Crippen LogP contribution in [0.5, 0.6) is 0 Å². The Kier molecular flexibility index (Phi) is 49.1. The molecule has 2 unspecified atom stereocenters. The lowest BCUT2D eigenvalue weighted by Crippen LogP contribution is -2.45. The first-order valence-corrected chi connectivity index (χ1v) is 26.9. The average molecular weight is 848 g/mol. The van der Waals surface area contributed by atoms with Crippen molar-refractivity contribution in [2.45, 2.75) is 309 Å². The van der Waals surface area contributed by atoms with Crippen LogP contribution < -0.4 is 5.32 Å². The number of hydrogen-bond acceptors (Lipinski definition) is 5. The molecule has 6 heteroatoms. The van der Waals surface area contributed by atoms with Crippen LogP contribution in [0.1, 0.15) is 296 Å². The molecule has 0 saturated carbocycles. The molecule has 1 amide bonds. The summed E-state index contributed by atoms with van der Waals surface area (Å²) < 4.78 is 5.45. The molecule has 0 rings (SSSR count). The maximum Gasteiger partial charge on any atom is 0.305 e. The lowest BCUT2D eigenvalue weighted by atomic mass is 10.0. The predicted molar refractivity (Wildman–Crippen MR) is 260 cm³/mol. The molecule has 0 radical (unpaired) electrons. The smallest absolute Gasteiger partial charge is 0.305 e. The van der Waals surface area contributed by atoms with Crippen molar-refractivity contribution in [1.29, 1.82) is 0 Å². The highest BCUT2D eigenvalue weighted by Gasteiger charge is 2.20. The molecule has 0 spiro atoms. The number of rotatable bonds is 50. The average Bonchev–Trinajstić information content (AvgIpc) is 3.25. The number of aliphatic hydroxyl groups is 2. The van der Waals surface area contributed by atoms with Gasteiger partial charge in [0, 0.05) is 12.8 Å². The second-order valence-electron chi connectivity index (χ2n) is 18.6. The van der Waals surface area contributed by atoms with Crippen LogP contribution in [-0.4, -0.2) is 47.4 Å². The molecule has 3 N–H and O–H groups in total. The Morgan fingerprint density at radius 1 is 0.450 bits per heavy atom. The molecule has 0 aromatic rings. The fraction of sp³-hybridized carbons (Fsp3) is 0.926. The van der Waals surface area contributed by atoms with E-state index < -0.39 is 12.1 Å². The molecule has 0 bridgehead atoms. The highest BCUT2D eigenvalue weighted by molar-refractivity contribution is 5.76. The number of ether oxygens (including phenoxy) is 1. The van der Waals surface area contributed by atoms with Crippen molar-refractivity contribution in [2.24, 2.45) is 0 Å². The SMILES string of the molecule is CCCCCCCCC/C=C\CCCCCCCC(=O)OCCCCCCCCCCCC(=O)NC(CO)C(O)CCCCCCCCCCCCCCCCCCCC. The second kappa shape index (κ2) is 50.2. The van der Waals surface area contributed by atoms with E-state index in [2.05, 4.69) is 31.3 Å². The summed E-state index contributed by atoms with van der Waals surface area (Å²) in [4.78, 5) is 24.5. The zero-order chi connectivity index (χ0) is 43.7. The lowest BCUT2D eigenvalue weighted by molar-refractivity contribution is -0.143. The van der Waals surface area contributed by atoms with E-state index in [1.807, 2.05) is 0 Å². The monoisotopic (exact) mass is 848 g/mol. The van der Waals surface area contributed by atoms with Crippen LogP contribution in [-0.2, 0) is 14.3 Å². The molecule has 0 fully saturated rings. The van der Waals surface area contributed by atoms with Gasteiger partial charge in [0.05, 0.1) is 25.4 Å². The summed E-state index contributed by atoms with van der Waals surface area (Å²) in [7, 11) is 0. The topological polar surface area (TPSA) is 95.9 Å². The van der Waals surface area contributed by atoms with Crippen molar-refractivity contribution in [3.05, 3.63) is 12.2 Å². The number of amides is 1. The Bertz CT molecular complexity index is 893. The third kappa shape index (κ3) is 46.1. The molecule has 0 aromatic heterocycles. The fourth-order valence-electron chi connectivity index (χ4n) is 8.40. The summed E-state index contributed by atoms with van der Waals surface area (Å²) in [6, 6.07) is -0.561. The second-order valence-corrected chi connectivity index (χ2v) is 18.6. The minimum Gasteiger partial charge on any atom is -0.466 e. The number of carbonyl (C=O) groups is 2. The molecular formula is C54H105NO5. The zero-order valence-corrected chi connectivity index (χ0v) is 40.5. The van der Waals surface area contributed by atoms with Crippen LogP contribution in [0.2, 0.25) is 0 Å². The Hall–Kier alpha value is -1.40. The van der Waals surface area contributed by atoms with E-state index in [0.717, 1.165) is 57.8 Å². The van der Waals surface area contributed by atoms with Crippen molar-refractivity contribution in [1.82, 2.24) is 5.32 Å². The largest absolute Gasteiger partial charge is 0.466 e. The highest BCUT2D eigenvalue weighted by atomic mass is 16.5. The van der Waals surface area contributed by atoms with E-state index in [0.29, 0.717) is 25.9 Å². The third-order valence-corrected chi connectivity index (χ3v) is 12.6. The normalized spacial score (nSPS) is 12.7. The lowest BCUT2D eigenvalue weighted by Gasteiger charge is -2.22. The Morgan fingerprint density at radius 2 is 0.783 bits per heavy atom. The van der Waals surface area contributed by atoms with Crippen molar-refractivity contribution in [3.63, 3.8) is 0 Å². The van der Waals surface area contributed by atoms with E-state index in [4.69, 9.17) is 4.74 Å². The van der Waals surface area contributed by atoms with Gasteiger partial charge >= 0.3 is 5.97 Å².